The number of anilines is 1. The van der Waals surface area contributed by atoms with Crippen molar-refractivity contribution in [1.82, 2.24) is 4.31 Å². The highest BCUT2D eigenvalue weighted by molar-refractivity contribution is 7.89. The number of aryl methyl sites for hydroxylation is 1. The number of methoxy groups -OCH3 is 1. The zero-order valence-electron chi connectivity index (χ0n) is 18.1. The second-order valence-corrected chi connectivity index (χ2v) is 9.74. The first-order valence-corrected chi connectivity index (χ1v) is 11.8. The molecule has 1 atom stereocenters. The fourth-order valence-electron chi connectivity index (χ4n) is 3.27. The summed E-state index contributed by atoms with van der Waals surface area (Å²) in [7, 11) is -0.798. The number of amides is 1. The van der Waals surface area contributed by atoms with E-state index in [4.69, 9.17) is 16.3 Å². The van der Waals surface area contributed by atoms with Crippen LogP contribution in [-0.2, 0) is 14.8 Å². The Morgan fingerprint density at radius 1 is 1.06 bits per heavy atom. The van der Waals surface area contributed by atoms with Gasteiger partial charge in [-0.25, -0.2) is 8.42 Å². The van der Waals surface area contributed by atoms with Crippen LogP contribution >= 0.6 is 11.6 Å². The molecule has 0 spiro atoms. The number of benzene rings is 3. The molecular weight excluding hydrogens is 448 g/mol. The van der Waals surface area contributed by atoms with E-state index < -0.39 is 16.1 Å². The number of nitrogens with zero attached hydrogens (tertiary/aromatic N) is 1. The number of ether oxygens (including phenoxy) is 1. The Kier molecular flexibility index (Phi) is 7.56. The molecule has 8 heteroatoms. The molecule has 3 aromatic carbocycles. The summed E-state index contributed by atoms with van der Waals surface area (Å²) in [5.41, 5.74) is 2.12. The number of nitrogens with one attached hydrogen (secondary N) is 1. The number of carbonyl (C=O) groups is 1. The molecule has 1 amide bonds. The Morgan fingerprint density at radius 3 is 2.31 bits per heavy atom. The number of halogens is 1. The van der Waals surface area contributed by atoms with Crippen molar-refractivity contribution in [2.75, 3.05) is 19.5 Å². The molecule has 0 unspecified atom stereocenters. The fourth-order valence-corrected chi connectivity index (χ4v) is 4.81. The molecule has 1 N–H and O–H groups in total. The van der Waals surface area contributed by atoms with Crippen LogP contribution in [0.4, 0.5) is 5.69 Å². The lowest BCUT2D eigenvalue weighted by molar-refractivity contribution is -0.117. The van der Waals surface area contributed by atoms with Crippen LogP contribution in [0.1, 0.15) is 23.6 Å². The molecule has 0 bridgehead atoms. The summed E-state index contributed by atoms with van der Waals surface area (Å²) in [4.78, 5) is 13.0. The van der Waals surface area contributed by atoms with E-state index in [2.05, 4.69) is 5.32 Å². The first kappa shape index (κ1) is 23.8. The maximum Gasteiger partial charge on any atom is 0.243 e. The molecule has 0 saturated heterocycles. The van der Waals surface area contributed by atoms with Crippen molar-refractivity contribution in [3.63, 3.8) is 0 Å². The molecule has 168 valence electrons. The summed E-state index contributed by atoms with van der Waals surface area (Å²) in [5.74, 6) is 0.306. The van der Waals surface area contributed by atoms with E-state index in [-0.39, 0.29) is 17.2 Å². The molecule has 3 rings (SSSR count). The zero-order valence-corrected chi connectivity index (χ0v) is 19.7. The van der Waals surface area contributed by atoms with E-state index in [1.54, 1.807) is 61.7 Å². The smallest absolute Gasteiger partial charge is 0.243 e. The van der Waals surface area contributed by atoms with Crippen molar-refractivity contribution in [2.45, 2.75) is 24.3 Å². The Hall–Kier alpha value is -2.87. The summed E-state index contributed by atoms with van der Waals surface area (Å²) < 4.78 is 32.9. The molecule has 0 saturated carbocycles. The molecule has 0 aliphatic heterocycles. The van der Waals surface area contributed by atoms with Crippen LogP contribution in [0.2, 0.25) is 5.02 Å². The van der Waals surface area contributed by atoms with Crippen molar-refractivity contribution in [1.29, 1.82) is 0 Å². The zero-order chi connectivity index (χ0) is 23.3. The van der Waals surface area contributed by atoms with E-state index in [1.165, 1.54) is 23.5 Å². The third-order valence-corrected chi connectivity index (χ3v) is 7.48. The van der Waals surface area contributed by atoms with Gasteiger partial charge in [0.1, 0.15) is 5.75 Å². The van der Waals surface area contributed by atoms with Crippen LogP contribution in [0.15, 0.2) is 77.7 Å². The van der Waals surface area contributed by atoms with Gasteiger partial charge in [-0.2, -0.15) is 4.31 Å². The van der Waals surface area contributed by atoms with Gasteiger partial charge in [-0.3, -0.25) is 4.79 Å². The van der Waals surface area contributed by atoms with Crippen LogP contribution < -0.4 is 10.1 Å². The van der Waals surface area contributed by atoms with Gasteiger partial charge >= 0.3 is 0 Å². The van der Waals surface area contributed by atoms with Gasteiger partial charge in [-0.15, -0.1) is 0 Å². The van der Waals surface area contributed by atoms with E-state index in [0.29, 0.717) is 22.0 Å². The summed E-state index contributed by atoms with van der Waals surface area (Å²) >= 11 is 6.15. The summed E-state index contributed by atoms with van der Waals surface area (Å²) in [6.07, 6.45) is -0.0829. The highest BCUT2D eigenvalue weighted by Gasteiger charge is 2.31. The summed E-state index contributed by atoms with van der Waals surface area (Å²) in [5, 5.41) is 3.35. The molecule has 32 heavy (non-hydrogen) atoms. The second kappa shape index (κ2) is 10.2. The van der Waals surface area contributed by atoms with Gasteiger partial charge in [0.25, 0.3) is 0 Å². The lowest BCUT2D eigenvalue weighted by Gasteiger charge is -2.28. The van der Waals surface area contributed by atoms with Gasteiger partial charge < -0.3 is 10.1 Å². The van der Waals surface area contributed by atoms with Gasteiger partial charge in [0.05, 0.1) is 18.0 Å². The van der Waals surface area contributed by atoms with Gasteiger partial charge in [0, 0.05) is 24.2 Å². The number of sulfonamides is 1. The first-order chi connectivity index (χ1) is 15.2. The average molecular weight is 473 g/mol. The third-order valence-electron chi connectivity index (χ3n) is 5.19. The SMILES string of the molecule is COc1ccc([C@@H](CC(=O)Nc2ccc(C)c(Cl)c2)N(C)S(=O)(=O)c2ccccc2)cc1. The standard InChI is InChI=1S/C24H25ClN2O4S/c1-17-9-12-19(15-22(17)25)26-24(28)16-23(18-10-13-20(31-3)14-11-18)27(2)32(29,30)21-7-5-4-6-8-21/h4-15,23H,16H2,1-3H3,(H,26,28)/t23-/m1/s1. The topological polar surface area (TPSA) is 75.7 Å². The highest BCUT2D eigenvalue weighted by Crippen LogP contribution is 2.31. The Labute approximate surface area is 193 Å². The molecule has 0 aromatic heterocycles. The van der Waals surface area contributed by atoms with E-state index in [9.17, 15) is 13.2 Å². The number of carbonyl (C=O) groups excluding carboxylic acids is 1. The minimum Gasteiger partial charge on any atom is -0.497 e. The van der Waals surface area contributed by atoms with Crippen LogP contribution in [0.25, 0.3) is 0 Å². The monoisotopic (exact) mass is 472 g/mol. The Morgan fingerprint density at radius 2 is 1.72 bits per heavy atom. The highest BCUT2D eigenvalue weighted by atomic mass is 35.5. The normalized spacial score (nSPS) is 12.4. The van der Waals surface area contributed by atoms with Crippen molar-refractivity contribution >= 4 is 33.2 Å². The van der Waals surface area contributed by atoms with Crippen molar-refractivity contribution < 1.29 is 17.9 Å². The van der Waals surface area contributed by atoms with Gasteiger partial charge in [-0.1, -0.05) is 48.0 Å². The van der Waals surface area contributed by atoms with Crippen molar-refractivity contribution in [3.05, 3.63) is 88.9 Å². The third kappa shape index (κ3) is 5.48. The van der Waals surface area contributed by atoms with E-state index >= 15 is 0 Å². The van der Waals surface area contributed by atoms with E-state index in [1.807, 2.05) is 13.0 Å². The Balaban J connectivity index is 1.91. The van der Waals surface area contributed by atoms with Crippen LogP contribution in [0, 0.1) is 6.92 Å². The quantitative estimate of drug-likeness (QED) is 0.498. The van der Waals surface area contributed by atoms with Gasteiger partial charge in [0.2, 0.25) is 15.9 Å². The van der Waals surface area contributed by atoms with Crippen LogP contribution in [0.3, 0.4) is 0 Å². The maximum atomic E-state index is 13.2. The lowest BCUT2D eigenvalue weighted by atomic mass is 10.0. The summed E-state index contributed by atoms with van der Waals surface area (Å²) in [6, 6.07) is 19.6. The molecule has 0 heterocycles. The first-order valence-electron chi connectivity index (χ1n) is 9.95. The number of rotatable bonds is 8. The Bertz CT molecular complexity index is 1180. The van der Waals surface area contributed by atoms with Crippen molar-refractivity contribution in [3.8, 4) is 5.75 Å². The summed E-state index contributed by atoms with van der Waals surface area (Å²) in [6.45, 7) is 1.87. The second-order valence-electron chi connectivity index (χ2n) is 7.34. The lowest BCUT2D eigenvalue weighted by Crippen LogP contribution is -2.33. The minimum atomic E-state index is -3.83. The predicted molar refractivity (Wildman–Crippen MR) is 127 cm³/mol. The molecule has 0 radical (unpaired) electrons. The average Bonchev–Trinajstić information content (AvgIpc) is 2.80. The molecular formula is C24H25ClN2O4S. The predicted octanol–water partition coefficient (Wildman–Crippen LogP) is 5.05. The number of hydrogen-bond donors (Lipinski definition) is 1. The minimum absolute atomic E-state index is 0.0829. The maximum absolute atomic E-state index is 13.2. The number of hydrogen-bond acceptors (Lipinski definition) is 4. The largest absolute Gasteiger partial charge is 0.497 e. The molecule has 0 fully saturated rings. The molecule has 0 aliphatic carbocycles. The van der Waals surface area contributed by atoms with E-state index in [0.717, 1.165) is 5.56 Å². The van der Waals surface area contributed by atoms with Crippen molar-refractivity contribution in [2.24, 2.45) is 0 Å². The van der Waals surface area contributed by atoms with Gasteiger partial charge in [-0.05, 0) is 54.4 Å². The molecule has 0 aliphatic rings. The molecule has 6 nitrogen and oxygen atoms in total. The molecule has 3 aromatic rings. The van der Waals surface area contributed by atoms with Gasteiger partial charge in [0.15, 0.2) is 0 Å². The fraction of sp³-hybridized carbons (Fsp3) is 0.208. The van der Waals surface area contributed by atoms with Crippen LogP contribution in [0.5, 0.6) is 5.75 Å². The van der Waals surface area contributed by atoms with Crippen LogP contribution in [-0.4, -0.2) is 32.8 Å².